The van der Waals surface area contributed by atoms with Crippen LogP contribution in [0, 0.1) is 5.41 Å². The van der Waals surface area contributed by atoms with Gasteiger partial charge >= 0.3 is 5.97 Å². The smallest absolute Gasteiger partial charge is 0.316 e. The monoisotopic (exact) mass is 176 g/mol. The van der Waals surface area contributed by atoms with Crippen LogP contribution in [0.25, 0.3) is 0 Å². The largest absolute Gasteiger partial charge is 0.462 e. The summed E-state index contributed by atoms with van der Waals surface area (Å²) in [7, 11) is 0. The third-order valence-corrected chi connectivity index (χ3v) is 1.53. The van der Waals surface area contributed by atoms with Gasteiger partial charge in [0.2, 0.25) is 0 Å². The van der Waals surface area contributed by atoms with Crippen molar-refractivity contribution in [2.75, 3.05) is 13.2 Å². The number of carbonyl (C=O) groups excluding carboxylic acids is 1. The fourth-order valence-corrected chi connectivity index (χ4v) is 0.535. The average Bonchev–Trinajstić information content (AvgIpc) is 2.02. The fraction of sp³-hybridized carbons (Fsp3) is 0.875. The molecule has 0 heterocycles. The summed E-state index contributed by atoms with van der Waals surface area (Å²) in [6.07, 6.45) is -0.227. The van der Waals surface area contributed by atoms with Gasteiger partial charge in [-0.05, 0) is 20.8 Å². The molecule has 12 heavy (non-hydrogen) atoms. The van der Waals surface area contributed by atoms with Crippen LogP contribution in [-0.2, 0) is 9.53 Å². The summed E-state index contributed by atoms with van der Waals surface area (Å²) in [5.41, 5.74) is -1.18. The molecule has 0 bridgehead atoms. The zero-order chi connectivity index (χ0) is 9.78. The molecule has 0 aliphatic heterocycles. The first-order chi connectivity index (χ1) is 5.46. The fourth-order valence-electron chi connectivity index (χ4n) is 0.535. The number of aliphatic hydroxyl groups is 2. The second-order valence-electron chi connectivity index (χ2n) is 3.33. The lowest BCUT2D eigenvalue weighted by atomic mass is 9.93. The Labute approximate surface area is 72.2 Å². The molecule has 72 valence electrons. The topological polar surface area (TPSA) is 66.8 Å². The van der Waals surface area contributed by atoms with Gasteiger partial charge in [0, 0.05) is 0 Å². The van der Waals surface area contributed by atoms with Crippen molar-refractivity contribution >= 4 is 5.97 Å². The Kier molecular flexibility index (Phi) is 4.20. The highest BCUT2D eigenvalue weighted by molar-refractivity contribution is 5.76. The molecule has 0 aromatic rings. The molecule has 4 nitrogen and oxygen atoms in total. The quantitative estimate of drug-likeness (QED) is 0.588. The molecule has 0 atom stereocenters. The van der Waals surface area contributed by atoms with Gasteiger partial charge in [0.05, 0.1) is 19.3 Å². The molecule has 4 heteroatoms. The standard InChI is InChI=1S/C8H16O4/c1-6(2)12-7(11)8(3,4-9)5-10/h6,9-10H,4-5H2,1-3H3. The van der Waals surface area contributed by atoms with E-state index in [2.05, 4.69) is 0 Å². The molecule has 0 spiro atoms. The van der Waals surface area contributed by atoms with Crippen LogP contribution in [0.5, 0.6) is 0 Å². The summed E-state index contributed by atoms with van der Waals surface area (Å²) in [5.74, 6) is -0.567. The van der Waals surface area contributed by atoms with E-state index in [0.717, 1.165) is 0 Å². The highest BCUT2D eigenvalue weighted by Crippen LogP contribution is 2.17. The third kappa shape index (κ3) is 2.79. The van der Waals surface area contributed by atoms with Crippen LogP contribution in [-0.4, -0.2) is 35.5 Å². The minimum absolute atomic E-state index is 0.227. The first kappa shape index (κ1) is 11.4. The molecule has 2 N–H and O–H groups in total. The number of hydrogen-bond acceptors (Lipinski definition) is 4. The molecule has 0 fully saturated rings. The Hall–Kier alpha value is -0.610. The molecule has 0 aromatic heterocycles. The average molecular weight is 176 g/mol. The van der Waals surface area contributed by atoms with E-state index >= 15 is 0 Å². The summed E-state index contributed by atoms with van der Waals surface area (Å²) < 4.78 is 4.84. The van der Waals surface area contributed by atoms with E-state index in [4.69, 9.17) is 14.9 Å². The minimum atomic E-state index is -1.18. The van der Waals surface area contributed by atoms with Gasteiger partial charge in [0.15, 0.2) is 0 Å². The molecule has 0 radical (unpaired) electrons. The molecule has 0 aliphatic rings. The number of hydrogen-bond donors (Lipinski definition) is 2. The van der Waals surface area contributed by atoms with Gasteiger partial charge in [0.25, 0.3) is 0 Å². The van der Waals surface area contributed by atoms with Crippen molar-refractivity contribution in [2.24, 2.45) is 5.41 Å². The SMILES string of the molecule is CC(C)OC(=O)C(C)(CO)CO. The molecule has 0 saturated carbocycles. The lowest BCUT2D eigenvalue weighted by Crippen LogP contribution is -2.38. The van der Waals surface area contributed by atoms with E-state index in [9.17, 15) is 4.79 Å². The number of rotatable bonds is 4. The minimum Gasteiger partial charge on any atom is -0.462 e. The van der Waals surface area contributed by atoms with Crippen LogP contribution in [0.2, 0.25) is 0 Å². The maximum atomic E-state index is 11.2. The van der Waals surface area contributed by atoms with E-state index in [1.54, 1.807) is 13.8 Å². The van der Waals surface area contributed by atoms with Crippen molar-refractivity contribution in [2.45, 2.75) is 26.9 Å². The molecular formula is C8H16O4. The predicted octanol–water partition coefficient (Wildman–Crippen LogP) is -0.0711. The van der Waals surface area contributed by atoms with Crippen LogP contribution in [0.15, 0.2) is 0 Å². The van der Waals surface area contributed by atoms with Crippen molar-refractivity contribution in [3.05, 3.63) is 0 Å². The van der Waals surface area contributed by atoms with Gasteiger partial charge in [-0.2, -0.15) is 0 Å². The molecule has 0 aliphatic carbocycles. The summed E-state index contributed by atoms with van der Waals surface area (Å²) in [6, 6.07) is 0. The normalized spacial score (nSPS) is 11.8. The molecule has 0 amide bonds. The van der Waals surface area contributed by atoms with Crippen molar-refractivity contribution in [1.29, 1.82) is 0 Å². The van der Waals surface area contributed by atoms with E-state index < -0.39 is 24.6 Å². The van der Waals surface area contributed by atoms with Crippen molar-refractivity contribution in [3.8, 4) is 0 Å². The predicted molar refractivity (Wildman–Crippen MR) is 43.5 cm³/mol. The highest BCUT2D eigenvalue weighted by Gasteiger charge is 2.34. The zero-order valence-electron chi connectivity index (χ0n) is 7.70. The Morgan fingerprint density at radius 2 is 1.83 bits per heavy atom. The molecular weight excluding hydrogens is 160 g/mol. The highest BCUT2D eigenvalue weighted by atomic mass is 16.5. The summed E-state index contributed by atoms with van der Waals surface area (Å²) >= 11 is 0. The van der Waals surface area contributed by atoms with Gasteiger partial charge in [-0.25, -0.2) is 0 Å². The van der Waals surface area contributed by atoms with Crippen LogP contribution in [0.1, 0.15) is 20.8 Å². The number of esters is 1. The van der Waals surface area contributed by atoms with Gasteiger partial charge in [-0.3, -0.25) is 4.79 Å². The summed E-state index contributed by atoms with van der Waals surface area (Å²) in [4.78, 5) is 11.2. The second-order valence-corrected chi connectivity index (χ2v) is 3.33. The third-order valence-electron chi connectivity index (χ3n) is 1.53. The van der Waals surface area contributed by atoms with Crippen LogP contribution < -0.4 is 0 Å². The van der Waals surface area contributed by atoms with E-state index in [-0.39, 0.29) is 6.10 Å². The number of carbonyl (C=O) groups is 1. The van der Waals surface area contributed by atoms with E-state index in [1.165, 1.54) is 6.92 Å². The zero-order valence-corrected chi connectivity index (χ0v) is 7.70. The Morgan fingerprint density at radius 1 is 1.42 bits per heavy atom. The van der Waals surface area contributed by atoms with Crippen LogP contribution >= 0.6 is 0 Å². The van der Waals surface area contributed by atoms with Crippen molar-refractivity contribution < 1.29 is 19.7 Å². The molecule has 0 aromatic carbocycles. The summed E-state index contributed by atoms with van der Waals surface area (Å²) in [5, 5.41) is 17.6. The number of aliphatic hydroxyl groups excluding tert-OH is 2. The Balaban J connectivity index is 4.22. The molecule has 0 saturated heterocycles. The van der Waals surface area contributed by atoms with Crippen LogP contribution in [0.4, 0.5) is 0 Å². The lowest BCUT2D eigenvalue weighted by molar-refractivity contribution is -0.164. The second kappa shape index (κ2) is 4.42. The first-order valence-corrected chi connectivity index (χ1v) is 3.89. The van der Waals surface area contributed by atoms with Gasteiger partial charge in [-0.1, -0.05) is 0 Å². The van der Waals surface area contributed by atoms with Gasteiger partial charge in [0.1, 0.15) is 5.41 Å². The number of ether oxygens (including phenoxy) is 1. The van der Waals surface area contributed by atoms with E-state index in [1.807, 2.05) is 0 Å². The lowest BCUT2D eigenvalue weighted by Gasteiger charge is -2.23. The van der Waals surface area contributed by atoms with Crippen molar-refractivity contribution in [3.63, 3.8) is 0 Å². The van der Waals surface area contributed by atoms with E-state index in [0.29, 0.717) is 0 Å². The van der Waals surface area contributed by atoms with Crippen molar-refractivity contribution in [1.82, 2.24) is 0 Å². The summed E-state index contributed by atoms with van der Waals surface area (Å²) in [6.45, 7) is 4.07. The molecule has 0 rings (SSSR count). The molecule has 0 unspecified atom stereocenters. The van der Waals surface area contributed by atoms with Crippen LogP contribution in [0.3, 0.4) is 0 Å². The Bertz CT molecular complexity index is 149. The maximum Gasteiger partial charge on any atom is 0.316 e. The Morgan fingerprint density at radius 3 is 2.08 bits per heavy atom. The maximum absolute atomic E-state index is 11.2. The van der Waals surface area contributed by atoms with Gasteiger partial charge in [-0.15, -0.1) is 0 Å². The van der Waals surface area contributed by atoms with Gasteiger partial charge < -0.3 is 14.9 Å². The first-order valence-electron chi connectivity index (χ1n) is 3.89.